The van der Waals surface area contributed by atoms with E-state index < -0.39 is 0 Å². The first-order chi connectivity index (χ1) is 8.28. The minimum absolute atomic E-state index is 1.25. The monoisotopic (exact) mass is 308 g/mol. The highest BCUT2D eigenvalue weighted by molar-refractivity contribution is 8.05. The van der Waals surface area contributed by atoms with Gasteiger partial charge in [0, 0.05) is 0 Å². The third-order valence-corrected chi connectivity index (χ3v) is 5.40. The van der Waals surface area contributed by atoms with E-state index in [0.29, 0.717) is 0 Å². The fourth-order valence-corrected chi connectivity index (χ4v) is 4.26. The van der Waals surface area contributed by atoms with Crippen LogP contribution in [0.5, 0.6) is 0 Å². The SMILES string of the molecule is CS/C=C(/CCCCC/C(=C/SC)SC)SC. The van der Waals surface area contributed by atoms with Gasteiger partial charge in [-0.3, -0.25) is 0 Å². The molecule has 0 fully saturated rings. The molecule has 0 aliphatic heterocycles. The van der Waals surface area contributed by atoms with Crippen molar-refractivity contribution in [3.8, 4) is 0 Å². The van der Waals surface area contributed by atoms with E-state index in [1.54, 1.807) is 0 Å². The summed E-state index contributed by atoms with van der Waals surface area (Å²) in [5.41, 5.74) is 0. The smallest absolute Gasteiger partial charge is 0.00922 e. The summed E-state index contributed by atoms with van der Waals surface area (Å²) in [7, 11) is 0. The minimum Gasteiger partial charge on any atom is -0.137 e. The first-order valence-corrected chi connectivity index (χ1v) is 10.8. The fraction of sp³-hybridized carbons (Fsp3) is 0.692. The van der Waals surface area contributed by atoms with Gasteiger partial charge in [-0.1, -0.05) is 6.42 Å². The third-order valence-electron chi connectivity index (χ3n) is 2.37. The van der Waals surface area contributed by atoms with Crippen molar-refractivity contribution in [3.63, 3.8) is 0 Å². The van der Waals surface area contributed by atoms with Crippen LogP contribution in [0.2, 0.25) is 0 Å². The molecule has 0 rings (SSSR count). The summed E-state index contributed by atoms with van der Waals surface area (Å²) < 4.78 is 0. The van der Waals surface area contributed by atoms with Gasteiger partial charge in [-0.05, 0) is 71.3 Å². The highest BCUT2D eigenvalue weighted by atomic mass is 32.2. The lowest BCUT2D eigenvalue weighted by Gasteiger charge is -2.05. The molecule has 0 aliphatic carbocycles. The van der Waals surface area contributed by atoms with Crippen LogP contribution in [-0.4, -0.2) is 25.0 Å². The van der Waals surface area contributed by atoms with Crippen molar-refractivity contribution in [1.82, 2.24) is 0 Å². The Morgan fingerprint density at radius 2 is 1.12 bits per heavy atom. The summed E-state index contributed by atoms with van der Waals surface area (Å²) in [6.45, 7) is 0. The molecule has 0 saturated carbocycles. The van der Waals surface area contributed by atoms with Gasteiger partial charge in [0.15, 0.2) is 0 Å². The van der Waals surface area contributed by atoms with Crippen LogP contribution < -0.4 is 0 Å². The Kier molecular flexibility index (Phi) is 14.0. The maximum Gasteiger partial charge on any atom is -0.00922 e. The predicted octanol–water partition coefficient (Wildman–Crippen LogP) is 6.07. The van der Waals surface area contributed by atoms with Crippen LogP contribution >= 0.6 is 47.0 Å². The van der Waals surface area contributed by atoms with Crippen LogP contribution in [0.4, 0.5) is 0 Å². The Labute approximate surface area is 124 Å². The Hall–Kier alpha value is 0.880. The van der Waals surface area contributed by atoms with E-state index in [0.717, 1.165) is 0 Å². The molecule has 0 unspecified atom stereocenters. The van der Waals surface area contributed by atoms with Crippen molar-refractivity contribution in [2.45, 2.75) is 32.1 Å². The Morgan fingerprint density at radius 1 is 0.706 bits per heavy atom. The van der Waals surface area contributed by atoms with E-state index in [9.17, 15) is 0 Å². The lowest BCUT2D eigenvalue weighted by molar-refractivity contribution is 0.691. The highest BCUT2D eigenvalue weighted by Gasteiger charge is 1.98. The largest absolute Gasteiger partial charge is 0.137 e. The van der Waals surface area contributed by atoms with Crippen molar-refractivity contribution < 1.29 is 0 Å². The van der Waals surface area contributed by atoms with Gasteiger partial charge in [0.1, 0.15) is 0 Å². The zero-order chi connectivity index (χ0) is 12.9. The van der Waals surface area contributed by atoms with E-state index in [-0.39, 0.29) is 0 Å². The van der Waals surface area contributed by atoms with Gasteiger partial charge in [0.05, 0.1) is 0 Å². The molecule has 0 saturated heterocycles. The van der Waals surface area contributed by atoms with Gasteiger partial charge < -0.3 is 0 Å². The second-order valence-corrected chi connectivity index (χ2v) is 6.89. The van der Waals surface area contributed by atoms with Crippen molar-refractivity contribution in [2.75, 3.05) is 25.0 Å². The molecule has 0 aromatic rings. The number of unbranched alkanes of at least 4 members (excludes halogenated alkanes) is 2. The molecule has 0 amide bonds. The molecule has 0 aliphatic rings. The maximum atomic E-state index is 2.28. The molecule has 0 aromatic heterocycles. The van der Waals surface area contributed by atoms with E-state index in [1.165, 1.54) is 41.9 Å². The third kappa shape index (κ3) is 10.5. The number of rotatable bonds is 10. The maximum absolute atomic E-state index is 2.28. The van der Waals surface area contributed by atoms with Crippen LogP contribution in [0.3, 0.4) is 0 Å². The average molecular weight is 309 g/mol. The van der Waals surface area contributed by atoms with Gasteiger partial charge in [-0.2, -0.15) is 0 Å². The second-order valence-electron chi connectivity index (χ2n) is 3.61. The van der Waals surface area contributed by atoms with Gasteiger partial charge >= 0.3 is 0 Å². The standard InChI is InChI=1S/C13H24S4/c1-14-10-12(16-3)8-6-5-7-9-13(17-4)11-15-2/h10-11H,5-9H2,1-4H3/b12-10-,13-11-. The average Bonchev–Trinajstić information content (AvgIpc) is 2.35. The summed E-state index contributed by atoms with van der Waals surface area (Å²) in [4.78, 5) is 3.06. The summed E-state index contributed by atoms with van der Waals surface area (Å²) >= 11 is 7.42. The molecule has 4 heteroatoms. The normalized spacial score (nSPS) is 13.2. The first kappa shape index (κ1) is 17.9. The summed E-state index contributed by atoms with van der Waals surface area (Å²) in [5.74, 6) is 0. The second kappa shape index (κ2) is 13.3. The van der Waals surface area contributed by atoms with E-state index >= 15 is 0 Å². The summed E-state index contributed by atoms with van der Waals surface area (Å²) in [5, 5.41) is 4.57. The predicted molar refractivity (Wildman–Crippen MR) is 93.3 cm³/mol. The molecule has 0 spiro atoms. The minimum atomic E-state index is 1.25. The molecule has 0 atom stereocenters. The van der Waals surface area contributed by atoms with Crippen LogP contribution in [0.25, 0.3) is 0 Å². The molecule has 0 bridgehead atoms. The molecular formula is C13H24S4. The topological polar surface area (TPSA) is 0 Å². The fourth-order valence-electron chi connectivity index (χ4n) is 1.46. The van der Waals surface area contributed by atoms with Crippen molar-refractivity contribution >= 4 is 47.0 Å². The summed E-state index contributed by atoms with van der Waals surface area (Å²) in [6, 6.07) is 0. The van der Waals surface area contributed by atoms with Crippen LogP contribution in [-0.2, 0) is 0 Å². The first-order valence-electron chi connectivity index (χ1n) is 5.80. The lowest BCUT2D eigenvalue weighted by atomic mass is 10.1. The zero-order valence-electron chi connectivity index (χ0n) is 11.3. The molecule has 0 aromatic carbocycles. The van der Waals surface area contributed by atoms with Gasteiger partial charge in [0.2, 0.25) is 0 Å². The van der Waals surface area contributed by atoms with Crippen molar-refractivity contribution in [1.29, 1.82) is 0 Å². The number of allylic oxidation sites excluding steroid dienone is 2. The van der Waals surface area contributed by atoms with E-state index in [2.05, 4.69) is 35.8 Å². The Bertz CT molecular complexity index is 210. The number of thioether (sulfide) groups is 4. The van der Waals surface area contributed by atoms with Gasteiger partial charge in [-0.15, -0.1) is 47.0 Å². The van der Waals surface area contributed by atoms with Crippen LogP contribution in [0, 0.1) is 0 Å². The molecule has 0 radical (unpaired) electrons. The van der Waals surface area contributed by atoms with E-state index in [4.69, 9.17) is 0 Å². The number of hydrogen-bond acceptors (Lipinski definition) is 4. The van der Waals surface area contributed by atoms with Crippen LogP contribution in [0.1, 0.15) is 32.1 Å². The number of hydrogen-bond donors (Lipinski definition) is 0. The molecule has 100 valence electrons. The van der Waals surface area contributed by atoms with Crippen molar-refractivity contribution in [3.05, 3.63) is 20.6 Å². The van der Waals surface area contributed by atoms with E-state index in [1.807, 2.05) is 47.0 Å². The highest BCUT2D eigenvalue weighted by Crippen LogP contribution is 2.25. The Balaban J connectivity index is 3.64. The van der Waals surface area contributed by atoms with Crippen molar-refractivity contribution in [2.24, 2.45) is 0 Å². The molecule has 0 nitrogen and oxygen atoms in total. The lowest BCUT2D eigenvalue weighted by Crippen LogP contribution is -1.82. The zero-order valence-corrected chi connectivity index (χ0v) is 14.6. The molecule has 17 heavy (non-hydrogen) atoms. The molecule has 0 N–H and O–H groups in total. The molecular weight excluding hydrogens is 284 g/mol. The molecule has 0 heterocycles. The van der Waals surface area contributed by atoms with Gasteiger partial charge in [-0.25, -0.2) is 0 Å². The summed E-state index contributed by atoms with van der Waals surface area (Å²) in [6.07, 6.45) is 15.1. The van der Waals surface area contributed by atoms with Gasteiger partial charge in [0.25, 0.3) is 0 Å². The Morgan fingerprint density at radius 3 is 1.41 bits per heavy atom. The van der Waals surface area contributed by atoms with Crippen LogP contribution in [0.15, 0.2) is 20.6 Å². The quantitative estimate of drug-likeness (QED) is 0.449.